The van der Waals surface area contributed by atoms with E-state index < -0.39 is 0 Å². The lowest BCUT2D eigenvalue weighted by atomic mass is 10.1. The summed E-state index contributed by atoms with van der Waals surface area (Å²) in [6.45, 7) is 1.96. The van der Waals surface area contributed by atoms with Gasteiger partial charge in [0.05, 0.1) is 0 Å². The molecular formula is C17H18FNO. The SMILES string of the molecule is CC(NC1Cc2ccccc2C1)c1ccc(O)cc1F. The highest BCUT2D eigenvalue weighted by atomic mass is 19.1. The van der Waals surface area contributed by atoms with Gasteiger partial charge < -0.3 is 10.4 Å². The normalized spacial score (nSPS) is 16.1. The van der Waals surface area contributed by atoms with E-state index in [1.165, 1.54) is 17.2 Å². The fourth-order valence-corrected chi connectivity index (χ4v) is 2.99. The molecule has 0 aromatic heterocycles. The predicted octanol–water partition coefficient (Wildman–Crippen LogP) is 3.35. The summed E-state index contributed by atoms with van der Waals surface area (Å²) in [5.41, 5.74) is 3.35. The second-order valence-electron chi connectivity index (χ2n) is 5.47. The Morgan fingerprint density at radius 3 is 2.40 bits per heavy atom. The van der Waals surface area contributed by atoms with Crippen LogP contribution in [-0.4, -0.2) is 11.1 Å². The van der Waals surface area contributed by atoms with Gasteiger partial charge in [-0.05, 0) is 37.0 Å². The average Bonchev–Trinajstić information content (AvgIpc) is 2.80. The van der Waals surface area contributed by atoms with E-state index in [-0.39, 0.29) is 17.6 Å². The number of halogens is 1. The third-order valence-electron chi connectivity index (χ3n) is 3.99. The molecule has 0 saturated heterocycles. The van der Waals surface area contributed by atoms with Crippen LogP contribution in [-0.2, 0) is 12.8 Å². The van der Waals surface area contributed by atoms with Crippen LogP contribution in [0.25, 0.3) is 0 Å². The van der Waals surface area contributed by atoms with Crippen LogP contribution in [0.3, 0.4) is 0 Å². The molecule has 1 aliphatic carbocycles. The predicted molar refractivity (Wildman–Crippen MR) is 77.3 cm³/mol. The topological polar surface area (TPSA) is 32.3 Å². The second kappa shape index (κ2) is 5.25. The molecule has 0 bridgehead atoms. The van der Waals surface area contributed by atoms with Crippen molar-refractivity contribution in [3.8, 4) is 5.75 Å². The molecule has 1 atom stereocenters. The zero-order valence-electron chi connectivity index (χ0n) is 11.4. The molecule has 0 spiro atoms. The Bertz CT molecular complexity index is 601. The first kappa shape index (κ1) is 13.1. The minimum Gasteiger partial charge on any atom is -0.508 e. The summed E-state index contributed by atoms with van der Waals surface area (Å²) in [7, 11) is 0. The van der Waals surface area contributed by atoms with Gasteiger partial charge in [-0.3, -0.25) is 0 Å². The molecule has 0 aliphatic heterocycles. The van der Waals surface area contributed by atoms with Gasteiger partial charge in [-0.1, -0.05) is 30.3 Å². The number of hydrogen-bond acceptors (Lipinski definition) is 2. The van der Waals surface area contributed by atoms with Crippen LogP contribution in [0.4, 0.5) is 4.39 Å². The summed E-state index contributed by atoms with van der Waals surface area (Å²) in [6, 6.07) is 13.0. The third-order valence-corrected chi connectivity index (χ3v) is 3.99. The Morgan fingerprint density at radius 1 is 1.15 bits per heavy atom. The van der Waals surface area contributed by atoms with Crippen molar-refractivity contribution in [3.05, 3.63) is 65.0 Å². The van der Waals surface area contributed by atoms with E-state index in [1.807, 2.05) is 6.92 Å². The quantitative estimate of drug-likeness (QED) is 0.897. The van der Waals surface area contributed by atoms with E-state index in [0.29, 0.717) is 11.6 Å². The van der Waals surface area contributed by atoms with Gasteiger partial charge in [0.2, 0.25) is 0 Å². The van der Waals surface area contributed by atoms with Crippen LogP contribution in [0.1, 0.15) is 29.7 Å². The molecule has 1 unspecified atom stereocenters. The summed E-state index contributed by atoms with van der Waals surface area (Å²) in [5.74, 6) is -0.396. The van der Waals surface area contributed by atoms with E-state index in [1.54, 1.807) is 6.07 Å². The third kappa shape index (κ3) is 2.54. The maximum atomic E-state index is 13.8. The molecule has 1 aliphatic rings. The minimum atomic E-state index is -0.361. The number of rotatable bonds is 3. The number of hydrogen-bond donors (Lipinski definition) is 2. The van der Waals surface area contributed by atoms with Crippen LogP contribution in [0.2, 0.25) is 0 Å². The van der Waals surface area contributed by atoms with Gasteiger partial charge in [0.1, 0.15) is 11.6 Å². The second-order valence-corrected chi connectivity index (χ2v) is 5.47. The molecule has 104 valence electrons. The molecule has 20 heavy (non-hydrogen) atoms. The van der Waals surface area contributed by atoms with E-state index in [0.717, 1.165) is 18.9 Å². The first-order valence-corrected chi connectivity index (χ1v) is 6.94. The highest BCUT2D eigenvalue weighted by molar-refractivity contribution is 5.34. The summed E-state index contributed by atoms with van der Waals surface area (Å²) in [4.78, 5) is 0. The Hall–Kier alpha value is -1.87. The maximum Gasteiger partial charge on any atom is 0.131 e. The molecular weight excluding hydrogens is 253 g/mol. The number of phenolic OH excluding ortho intramolecular Hbond substituents is 1. The van der Waals surface area contributed by atoms with Crippen molar-refractivity contribution < 1.29 is 9.50 Å². The summed E-state index contributed by atoms with van der Waals surface area (Å²) in [5, 5.41) is 12.7. The lowest BCUT2D eigenvalue weighted by molar-refractivity contribution is 0.443. The van der Waals surface area contributed by atoms with Crippen molar-refractivity contribution in [2.45, 2.75) is 31.8 Å². The molecule has 3 rings (SSSR count). The Balaban J connectivity index is 1.70. The maximum absolute atomic E-state index is 13.8. The number of phenols is 1. The fraction of sp³-hybridized carbons (Fsp3) is 0.294. The van der Waals surface area contributed by atoms with Gasteiger partial charge >= 0.3 is 0 Å². The standard InChI is InChI=1S/C17H18FNO/c1-11(16-7-6-15(20)10-17(16)18)19-14-8-12-4-2-3-5-13(12)9-14/h2-7,10-11,14,19-20H,8-9H2,1H3. The molecule has 0 heterocycles. The first-order valence-electron chi connectivity index (χ1n) is 6.94. The number of nitrogens with one attached hydrogen (secondary N) is 1. The van der Waals surface area contributed by atoms with Crippen LogP contribution < -0.4 is 5.32 Å². The smallest absolute Gasteiger partial charge is 0.131 e. The molecule has 2 nitrogen and oxygen atoms in total. The monoisotopic (exact) mass is 271 g/mol. The zero-order valence-corrected chi connectivity index (χ0v) is 11.4. The highest BCUT2D eigenvalue weighted by Gasteiger charge is 2.23. The molecule has 2 aromatic carbocycles. The molecule has 0 amide bonds. The van der Waals surface area contributed by atoms with E-state index in [9.17, 15) is 9.50 Å². The van der Waals surface area contributed by atoms with Crippen LogP contribution >= 0.6 is 0 Å². The Labute approximate surface area is 118 Å². The zero-order chi connectivity index (χ0) is 14.1. The lowest BCUT2D eigenvalue weighted by Gasteiger charge is -2.20. The molecule has 0 fully saturated rings. The summed E-state index contributed by atoms with van der Waals surface area (Å²) < 4.78 is 13.8. The van der Waals surface area contributed by atoms with E-state index in [4.69, 9.17) is 0 Å². The van der Waals surface area contributed by atoms with Crippen molar-refractivity contribution in [3.63, 3.8) is 0 Å². The number of fused-ring (bicyclic) bond motifs is 1. The molecule has 3 heteroatoms. The van der Waals surface area contributed by atoms with Gasteiger partial charge in [0.25, 0.3) is 0 Å². The lowest BCUT2D eigenvalue weighted by Crippen LogP contribution is -2.32. The van der Waals surface area contributed by atoms with Gasteiger partial charge in [-0.2, -0.15) is 0 Å². The first-order chi connectivity index (χ1) is 9.63. The van der Waals surface area contributed by atoms with Crippen molar-refractivity contribution in [1.29, 1.82) is 0 Å². The van der Waals surface area contributed by atoms with Gasteiger partial charge in [-0.15, -0.1) is 0 Å². The minimum absolute atomic E-state index is 0.0354. The highest BCUT2D eigenvalue weighted by Crippen LogP contribution is 2.26. The van der Waals surface area contributed by atoms with Crippen molar-refractivity contribution in [2.24, 2.45) is 0 Å². The van der Waals surface area contributed by atoms with Gasteiger partial charge in [-0.25, -0.2) is 4.39 Å². The van der Waals surface area contributed by atoms with Crippen molar-refractivity contribution in [2.75, 3.05) is 0 Å². The average molecular weight is 271 g/mol. The fourth-order valence-electron chi connectivity index (χ4n) is 2.99. The summed E-state index contributed by atoms with van der Waals surface area (Å²) in [6.07, 6.45) is 1.97. The number of benzene rings is 2. The molecule has 0 saturated carbocycles. The van der Waals surface area contributed by atoms with Crippen molar-refractivity contribution >= 4 is 0 Å². The molecule has 2 N–H and O–H groups in total. The van der Waals surface area contributed by atoms with Crippen LogP contribution in [0, 0.1) is 5.82 Å². The Morgan fingerprint density at radius 2 is 1.80 bits per heavy atom. The van der Waals surface area contributed by atoms with Crippen LogP contribution in [0.15, 0.2) is 42.5 Å². The van der Waals surface area contributed by atoms with Gasteiger partial charge in [0.15, 0.2) is 0 Å². The number of aromatic hydroxyl groups is 1. The molecule has 0 radical (unpaired) electrons. The van der Waals surface area contributed by atoms with E-state index >= 15 is 0 Å². The van der Waals surface area contributed by atoms with Crippen LogP contribution in [0.5, 0.6) is 5.75 Å². The van der Waals surface area contributed by atoms with E-state index in [2.05, 4.69) is 29.6 Å². The summed E-state index contributed by atoms with van der Waals surface area (Å²) >= 11 is 0. The largest absolute Gasteiger partial charge is 0.508 e. The van der Waals surface area contributed by atoms with Crippen molar-refractivity contribution in [1.82, 2.24) is 5.32 Å². The van der Waals surface area contributed by atoms with Gasteiger partial charge in [0, 0.05) is 23.7 Å². The molecule has 2 aromatic rings. The Kier molecular flexibility index (Phi) is 3.45.